The number of benzene rings is 2. The first kappa shape index (κ1) is 17.9. The van der Waals surface area contributed by atoms with Gasteiger partial charge in [-0.1, -0.05) is 47.5 Å². The Morgan fingerprint density at radius 3 is 2.32 bits per heavy atom. The van der Waals surface area contributed by atoms with Gasteiger partial charge in [-0.15, -0.1) is 0 Å². The molecule has 132 valence electrons. The zero-order chi connectivity index (χ0) is 17.6. The van der Waals surface area contributed by atoms with Crippen molar-refractivity contribution in [1.29, 1.82) is 0 Å². The van der Waals surface area contributed by atoms with E-state index < -0.39 is 0 Å². The second-order valence-electron chi connectivity index (χ2n) is 5.92. The molecular weight excluding hydrogens is 359 g/mol. The number of anilines is 1. The Hall–Kier alpha value is -1.91. The quantitative estimate of drug-likeness (QED) is 0.785. The fourth-order valence-electron chi connectivity index (χ4n) is 2.84. The van der Waals surface area contributed by atoms with Crippen LogP contribution in [0.25, 0.3) is 0 Å². The van der Waals surface area contributed by atoms with Crippen molar-refractivity contribution >= 4 is 35.0 Å². The van der Waals surface area contributed by atoms with Crippen LogP contribution in [-0.4, -0.2) is 43.8 Å². The highest BCUT2D eigenvalue weighted by molar-refractivity contribution is 6.33. The summed E-state index contributed by atoms with van der Waals surface area (Å²) in [6, 6.07) is 15.3. The van der Waals surface area contributed by atoms with E-state index in [1.165, 1.54) is 0 Å². The van der Waals surface area contributed by atoms with Crippen LogP contribution in [0.3, 0.4) is 0 Å². The number of para-hydroxylation sites is 1. The SMILES string of the molecule is O=C(OCCc1ccc(Cl)cc1)N1CCN(c2ccccc2Cl)CC1. The van der Waals surface area contributed by atoms with Gasteiger partial charge >= 0.3 is 6.09 Å². The van der Waals surface area contributed by atoms with E-state index >= 15 is 0 Å². The Kier molecular flexibility index (Phi) is 6.05. The summed E-state index contributed by atoms with van der Waals surface area (Å²) in [6.45, 7) is 3.12. The Labute approximate surface area is 157 Å². The van der Waals surface area contributed by atoms with Gasteiger partial charge in [0.1, 0.15) is 0 Å². The maximum atomic E-state index is 12.2. The van der Waals surface area contributed by atoms with Crippen molar-refractivity contribution in [1.82, 2.24) is 4.90 Å². The Morgan fingerprint density at radius 1 is 0.960 bits per heavy atom. The van der Waals surface area contributed by atoms with Crippen LogP contribution in [0.4, 0.5) is 10.5 Å². The molecule has 1 heterocycles. The fraction of sp³-hybridized carbons (Fsp3) is 0.316. The van der Waals surface area contributed by atoms with E-state index in [1.54, 1.807) is 4.90 Å². The largest absolute Gasteiger partial charge is 0.449 e. The van der Waals surface area contributed by atoms with Crippen LogP contribution in [0.5, 0.6) is 0 Å². The van der Waals surface area contributed by atoms with E-state index in [-0.39, 0.29) is 6.09 Å². The minimum absolute atomic E-state index is 0.257. The van der Waals surface area contributed by atoms with E-state index in [0.29, 0.717) is 31.1 Å². The molecule has 2 aromatic rings. The van der Waals surface area contributed by atoms with E-state index in [2.05, 4.69) is 4.90 Å². The predicted molar refractivity (Wildman–Crippen MR) is 102 cm³/mol. The molecule has 4 nitrogen and oxygen atoms in total. The minimum atomic E-state index is -0.257. The molecule has 0 radical (unpaired) electrons. The summed E-state index contributed by atoms with van der Waals surface area (Å²) in [5.41, 5.74) is 2.11. The topological polar surface area (TPSA) is 32.8 Å². The summed E-state index contributed by atoms with van der Waals surface area (Å²) >= 11 is 12.1. The highest BCUT2D eigenvalue weighted by atomic mass is 35.5. The molecule has 25 heavy (non-hydrogen) atoms. The maximum Gasteiger partial charge on any atom is 0.409 e. The predicted octanol–water partition coefficient (Wildman–Crippen LogP) is 4.49. The summed E-state index contributed by atoms with van der Waals surface area (Å²) < 4.78 is 5.39. The van der Waals surface area contributed by atoms with Gasteiger partial charge in [-0.05, 0) is 29.8 Å². The Bertz CT molecular complexity index is 714. The van der Waals surface area contributed by atoms with E-state index in [4.69, 9.17) is 27.9 Å². The van der Waals surface area contributed by atoms with Gasteiger partial charge < -0.3 is 14.5 Å². The lowest BCUT2D eigenvalue weighted by Crippen LogP contribution is -2.49. The summed E-state index contributed by atoms with van der Waals surface area (Å²) in [6.07, 6.45) is 0.426. The van der Waals surface area contributed by atoms with Crippen molar-refractivity contribution < 1.29 is 9.53 Å². The van der Waals surface area contributed by atoms with Gasteiger partial charge in [-0.3, -0.25) is 0 Å². The van der Waals surface area contributed by atoms with Gasteiger partial charge in [0.15, 0.2) is 0 Å². The van der Waals surface area contributed by atoms with Crippen LogP contribution in [0, 0.1) is 0 Å². The molecule has 6 heteroatoms. The fourth-order valence-corrected chi connectivity index (χ4v) is 3.22. The number of carbonyl (C=O) groups is 1. The van der Waals surface area contributed by atoms with E-state index in [1.807, 2.05) is 48.5 Å². The highest BCUT2D eigenvalue weighted by Crippen LogP contribution is 2.26. The maximum absolute atomic E-state index is 12.2. The van der Waals surface area contributed by atoms with Crippen molar-refractivity contribution in [2.24, 2.45) is 0 Å². The monoisotopic (exact) mass is 378 g/mol. The molecule has 1 fully saturated rings. The number of halogens is 2. The molecule has 1 aliphatic heterocycles. The van der Waals surface area contributed by atoms with Gasteiger partial charge in [0.05, 0.1) is 17.3 Å². The number of amides is 1. The number of carbonyl (C=O) groups excluding carboxylic acids is 1. The molecule has 1 saturated heterocycles. The lowest BCUT2D eigenvalue weighted by molar-refractivity contribution is 0.101. The van der Waals surface area contributed by atoms with Gasteiger partial charge in [0.25, 0.3) is 0 Å². The number of hydrogen-bond donors (Lipinski definition) is 0. The Balaban J connectivity index is 1.44. The molecule has 0 aliphatic carbocycles. The number of hydrogen-bond acceptors (Lipinski definition) is 3. The van der Waals surface area contributed by atoms with Crippen molar-refractivity contribution in [3.8, 4) is 0 Å². The number of ether oxygens (including phenoxy) is 1. The van der Waals surface area contributed by atoms with Crippen LogP contribution in [0.15, 0.2) is 48.5 Å². The van der Waals surface area contributed by atoms with Crippen LogP contribution in [0.1, 0.15) is 5.56 Å². The van der Waals surface area contributed by atoms with Gasteiger partial charge in [-0.2, -0.15) is 0 Å². The molecule has 0 spiro atoms. The van der Waals surface area contributed by atoms with Gasteiger partial charge in [0.2, 0.25) is 0 Å². The van der Waals surface area contributed by atoms with Crippen molar-refractivity contribution in [2.45, 2.75) is 6.42 Å². The molecule has 0 aromatic heterocycles. The summed E-state index contributed by atoms with van der Waals surface area (Å²) in [4.78, 5) is 16.1. The average Bonchev–Trinajstić information content (AvgIpc) is 2.64. The van der Waals surface area contributed by atoms with Crippen molar-refractivity contribution in [2.75, 3.05) is 37.7 Å². The summed E-state index contributed by atoms with van der Waals surface area (Å²) in [5.74, 6) is 0. The summed E-state index contributed by atoms with van der Waals surface area (Å²) in [5, 5.41) is 1.44. The molecule has 1 amide bonds. The number of piperazine rings is 1. The Morgan fingerprint density at radius 2 is 1.64 bits per heavy atom. The number of nitrogens with zero attached hydrogens (tertiary/aromatic N) is 2. The first-order chi connectivity index (χ1) is 12.1. The standard InChI is InChI=1S/C19H20Cl2N2O2/c20-16-7-5-15(6-8-16)9-14-25-19(24)23-12-10-22(11-13-23)18-4-2-1-3-17(18)21/h1-8H,9-14H2. The lowest BCUT2D eigenvalue weighted by Gasteiger charge is -2.35. The molecule has 0 N–H and O–H groups in total. The highest BCUT2D eigenvalue weighted by Gasteiger charge is 2.23. The molecule has 0 saturated carbocycles. The lowest BCUT2D eigenvalue weighted by atomic mass is 10.2. The normalized spacial score (nSPS) is 14.5. The average molecular weight is 379 g/mol. The second-order valence-corrected chi connectivity index (χ2v) is 6.76. The van der Waals surface area contributed by atoms with Crippen LogP contribution < -0.4 is 4.90 Å². The van der Waals surface area contributed by atoms with Crippen LogP contribution >= 0.6 is 23.2 Å². The molecule has 2 aromatic carbocycles. The molecule has 0 bridgehead atoms. The molecule has 0 atom stereocenters. The van der Waals surface area contributed by atoms with Crippen LogP contribution in [-0.2, 0) is 11.2 Å². The minimum Gasteiger partial charge on any atom is -0.449 e. The molecule has 3 rings (SSSR count). The molecule has 0 unspecified atom stereocenters. The van der Waals surface area contributed by atoms with Gasteiger partial charge in [-0.25, -0.2) is 4.79 Å². The van der Waals surface area contributed by atoms with Crippen LogP contribution in [0.2, 0.25) is 10.0 Å². The number of rotatable bonds is 4. The smallest absolute Gasteiger partial charge is 0.409 e. The summed E-state index contributed by atoms with van der Waals surface area (Å²) in [7, 11) is 0. The van der Waals surface area contributed by atoms with Crippen molar-refractivity contribution in [3.63, 3.8) is 0 Å². The molecular formula is C19H20Cl2N2O2. The molecule has 1 aliphatic rings. The zero-order valence-electron chi connectivity index (χ0n) is 13.8. The van der Waals surface area contributed by atoms with Gasteiger partial charge in [0, 0.05) is 37.6 Å². The third-order valence-electron chi connectivity index (χ3n) is 4.26. The third-order valence-corrected chi connectivity index (χ3v) is 4.83. The van der Waals surface area contributed by atoms with Crippen molar-refractivity contribution in [3.05, 3.63) is 64.1 Å². The first-order valence-electron chi connectivity index (χ1n) is 8.29. The zero-order valence-corrected chi connectivity index (χ0v) is 15.3. The third kappa shape index (κ3) is 4.80. The van der Waals surface area contributed by atoms with E-state index in [9.17, 15) is 4.79 Å². The second kappa shape index (κ2) is 8.45. The first-order valence-corrected chi connectivity index (χ1v) is 9.05. The van der Waals surface area contributed by atoms with E-state index in [0.717, 1.165) is 29.4 Å².